The number of nitrogens with one attached hydrogen (secondary N) is 1. The lowest BCUT2D eigenvalue weighted by Crippen LogP contribution is -2.25. The molecule has 1 heterocycles. The van der Waals surface area contributed by atoms with Crippen molar-refractivity contribution in [1.82, 2.24) is 14.9 Å². The van der Waals surface area contributed by atoms with Crippen LogP contribution < -0.4 is 5.32 Å². The Morgan fingerprint density at radius 2 is 1.82 bits per heavy atom. The smallest absolute Gasteiger partial charge is 0.254 e. The third-order valence-corrected chi connectivity index (χ3v) is 4.95. The van der Waals surface area contributed by atoms with Gasteiger partial charge in [-0.2, -0.15) is 0 Å². The molecule has 148 valence electrons. The van der Waals surface area contributed by atoms with Gasteiger partial charge >= 0.3 is 0 Å². The molecule has 1 aromatic heterocycles. The van der Waals surface area contributed by atoms with Crippen LogP contribution in [0.5, 0.6) is 0 Å². The van der Waals surface area contributed by atoms with E-state index in [-0.39, 0.29) is 11.5 Å². The minimum atomic E-state index is -0.492. The van der Waals surface area contributed by atoms with Gasteiger partial charge in [0.2, 0.25) is 0 Å². The SMILES string of the molecule is CCCCCCn1c(CCCNC(=O)c2ccccc2F)nc2ccccc21. The van der Waals surface area contributed by atoms with Gasteiger partial charge in [-0.25, -0.2) is 9.37 Å². The number of para-hydroxylation sites is 2. The van der Waals surface area contributed by atoms with Crippen LogP contribution in [0, 0.1) is 5.82 Å². The Labute approximate surface area is 165 Å². The molecule has 1 N–H and O–H groups in total. The standard InChI is InChI=1S/C23H28FN3O/c1-2-3-4-9-17-27-21-14-8-7-13-20(21)26-22(27)15-10-16-25-23(28)18-11-5-6-12-19(18)24/h5-8,11-14H,2-4,9-10,15-17H2,1H3,(H,25,28). The van der Waals surface area contributed by atoms with Crippen LogP contribution in [-0.2, 0) is 13.0 Å². The molecule has 0 atom stereocenters. The first kappa shape index (κ1) is 20.1. The molecule has 0 spiro atoms. The predicted octanol–water partition coefficient (Wildman–Crippen LogP) is 5.12. The normalized spacial score (nSPS) is 11.1. The van der Waals surface area contributed by atoms with Crippen molar-refractivity contribution < 1.29 is 9.18 Å². The molecule has 0 saturated heterocycles. The number of halogens is 1. The minimum absolute atomic E-state index is 0.0886. The number of aryl methyl sites for hydroxylation is 2. The molecule has 0 unspecified atom stereocenters. The third kappa shape index (κ3) is 4.97. The maximum absolute atomic E-state index is 13.7. The zero-order valence-corrected chi connectivity index (χ0v) is 16.5. The number of rotatable bonds is 10. The number of imidazole rings is 1. The summed E-state index contributed by atoms with van der Waals surface area (Å²) in [6, 6.07) is 14.3. The lowest BCUT2D eigenvalue weighted by molar-refractivity contribution is 0.0949. The van der Waals surface area contributed by atoms with Gasteiger partial charge in [0, 0.05) is 19.5 Å². The number of unbranched alkanes of at least 4 members (excludes halogenated alkanes) is 3. The fraction of sp³-hybridized carbons (Fsp3) is 0.391. The van der Waals surface area contributed by atoms with Gasteiger partial charge in [0.15, 0.2) is 0 Å². The van der Waals surface area contributed by atoms with E-state index in [4.69, 9.17) is 4.98 Å². The van der Waals surface area contributed by atoms with Gasteiger partial charge in [-0.15, -0.1) is 0 Å². The van der Waals surface area contributed by atoms with Crippen molar-refractivity contribution in [1.29, 1.82) is 0 Å². The van der Waals surface area contributed by atoms with Crippen molar-refractivity contribution in [3.63, 3.8) is 0 Å². The van der Waals surface area contributed by atoms with E-state index in [1.54, 1.807) is 12.1 Å². The molecule has 0 saturated carbocycles. The van der Waals surface area contributed by atoms with Crippen LogP contribution in [0.15, 0.2) is 48.5 Å². The van der Waals surface area contributed by atoms with Gasteiger partial charge in [0.25, 0.3) is 5.91 Å². The second-order valence-corrected chi connectivity index (χ2v) is 7.07. The minimum Gasteiger partial charge on any atom is -0.352 e. The van der Waals surface area contributed by atoms with E-state index in [9.17, 15) is 9.18 Å². The van der Waals surface area contributed by atoms with Crippen molar-refractivity contribution in [3.8, 4) is 0 Å². The van der Waals surface area contributed by atoms with E-state index in [0.29, 0.717) is 6.54 Å². The van der Waals surface area contributed by atoms with Crippen LogP contribution in [0.25, 0.3) is 11.0 Å². The highest BCUT2D eigenvalue weighted by atomic mass is 19.1. The zero-order chi connectivity index (χ0) is 19.8. The molecule has 2 aromatic carbocycles. The summed E-state index contributed by atoms with van der Waals surface area (Å²) >= 11 is 0. The molecule has 28 heavy (non-hydrogen) atoms. The van der Waals surface area contributed by atoms with Crippen molar-refractivity contribution in [2.24, 2.45) is 0 Å². The molecule has 0 radical (unpaired) electrons. The second kappa shape index (κ2) is 10.0. The molecule has 0 aliphatic carbocycles. The van der Waals surface area contributed by atoms with Crippen molar-refractivity contribution in [2.45, 2.75) is 52.0 Å². The zero-order valence-electron chi connectivity index (χ0n) is 16.5. The fourth-order valence-corrected chi connectivity index (χ4v) is 3.45. The van der Waals surface area contributed by atoms with Crippen molar-refractivity contribution in [3.05, 3.63) is 65.7 Å². The Morgan fingerprint density at radius 3 is 2.64 bits per heavy atom. The number of nitrogens with zero attached hydrogens (tertiary/aromatic N) is 2. The number of aromatic nitrogens is 2. The third-order valence-electron chi connectivity index (χ3n) is 4.95. The summed E-state index contributed by atoms with van der Waals surface area (Å²) in [5, 5.41) is 2.81. The Bertz CT molecular complexity index is 919. The first-order chi connectivity index (χ1) is 13.7. The van der Waals surface area contributed by atoms with Crippen molar-refractivity contribution >= 4 is 16.9 Å². The largest absolute Gasteiger partial charge is 0.352 e. The molecule has 0 bridgehead atoms. The highest BCUT2D eigenvalue weighted by Crippen LogP contribution is 2.18. The molecule has 5 heteroatoms. The van der Waals surface area contributed by atoms with Gasteiger partial charge in [-0.3, -0.25) is 4.79 Å². The summed E-state index contributed by atoms with van der Waals surface area (Å²) in [4.78, 5) is 16.9. The van der Waals surface area contributed by atoms with Crippen molar-refractivity contribution in [2.75, 3.05) is 6.54 Å². The number of carbonyl (C=O) groups is 1. The Kier molecular flexibility index (Phi) is 7.18. The molecular weight excluding hydrogens is 353 g/mol. The van der Waals surface area contributed by atoms with E-state index in [1.807, 2.05) is 18.2 Å². The maximum atomic E-state index is 13.7. The number of amides is 1. The summed E-state index contributed by atoms with van der Waals surface area (Å²) in [5.41, 5.74) is 2.28. The Morgan fingerprint density at radius 1 is 1.04 bits per heavy atom. The monoisotopic (exact) mass is 381 g/mol. The van der Waals surface area contributed by atoms with Gasteiger partial charge in [0.1, 0.15) is 11.6 Å². The maximum Gasteiger partial charge on any atom is 0.254 e. The summed E-state index contributed by atoms with van der Waals surface area (Å²) in [6.07, 6.45) is 6.38. The summed E-state index contributed by atoms with van der Waals surface area (Å²) in [7, 11) is 0. The number of fused-ring (bicyclic) bond motifs is 1. The van der Waals surface area contributed by atoms with Crippen LogP contribution in [0.4, 0.5) is 4.39 Å². The van der Waals surface area contributed by atoms with Crippen LogP contribution in [0.2, 0.25) is 0 Å². The molecule has 0 aliphatic rings. The second-order valence-electron chi connectivity index (χ2n) is 7.07. The molecule has 0 aliphatic heterocycles. The van der Waals surface area contributed by atoms with E-state index < -0.39 is 5.82 Å². The number of hydrogen-bond acceptors (Lipinski definition) is 2. The van der Waals surface area contributed by atoms with E-state index in [1.165, 1.54) is 36.9 Å². The topological polar surface area (TPSA) is 46.9 Å². The average Bonchev–Trinajstić information content (AvgIpc) is 3.06. The van der Waals surface area contributed by atoms with Crippen LogP contribution >= 0.6 is 0 Å². The number of hydrogen-bond donors (Lipinski definition) is 1. The molecule has 4 nitrogen and oxygen atoms in total. The van der Waals surface area contributed by atoms with Crippen LogP contribution in [0.1, 0.15) is 55.2 Å². The molecule has 3 aromatic rings. The lowest BCUT2D eigenvalue weighted by atomic mass is 10.2. The summed E-state index contributed by atoms with van der Waals surface area (Å²) in [6.45, 7) is 3.68. The number of benzene rings is 2. The van der Waals surface area contributed by atoms with Gasteiger partial charge in [-0.1, -0.05) is 50.5 Å². The fourth-order valence-electron chi connectivity index (χ4n) is 3.45. The molecule has 0 fully saturated rings. The first-order valence-electron chi connectivity index (χ1n) is 10.2. The predicted molar refractivity (Wildman–Crippen MR) is 111 cm³/mol. The summed E-state index contributed by atoms with van der Waals surface area (Å²) < 4.78 is 16.0. The van der Waals surface area contributed by atoms with Gasteiger partial charge in [-0.05, 0) is 37.1 Å². The van der Waals surface area contributed by atoms with Gasteiger partial charge in [0.05, 0.1) is 16.6 Å². The Hall–Kier alpha value is -2.69. The van der Waals surface area contributed by atoms with E-state index >= 15 is 0 Å². The summed E-state index contributed by atoms with van der Waals surface area (Å²) in [5.74, 6) is 0.192. The van der Waals surface area contributed by atoms with E-state index in [2.05, 4.69) is 22.9 Å². The van der Waals surface area contributed by atoms with E-state index in [0.717, 1.165) is 37.1 Å². The van der Waals surface area contributed by atoms with Gasteiger partial charge < -0.3 is 9.88 Å². The average molecular weight is 381 g/mol. The molecule has 3 rings (SSSR count). The lowest BCUT2D eigenvalue weighted by Gasteiger charge is -2.10. The quantitative estimate of drug-likeness (QED) is 0.496. The Balaban J connectivity index is 1.59. The highest BCUT2D eigenvalue weighted by molar-refractivity contribution is 5.94. The van der Waals surface area contributed by atoms with Crippen LogP contribution in [0.3, 0.4) is 0 Å². The first-order valence-corrected chi connectivity index (χ1v) is 10.2. The molecular formula is C23H28FN3O. The molecule has 1 amide bonds. The number of carbonyl (C=O) groups excluding carboxylic acids is 1. The van der Waals surface area contributed by atoms with Crippen LogP contribution in [-0.4, -0.2) is 22.0 Å². The highest BCUT2D eigenvalue weighted by Gasteiger charge is 2.12.